The van der Waals surface area contributed by atoms with Gasteiger partial charge in [-0.3, -0.25) is 9.69 Å². The second kappa shape index (κ2) is 7.61. The Morgan fingerprint density at radius 2 is 2.04 bits per heavy atom. The largest absolute Gasteiger partial charge is 0.497 e. The molecular weight excluding hydrogens is 336 g/mol. The van der Waals surface area contributed by atoms with Crippen LogP contribution >= 0.6 is 11.8 Å². The van der Waals surface area contributed by atoms with Crippen LogP contribution in [0.3, 0.4) is 0 Å². The van der Waals surface area contributed by atoms with Gasteiger partial charge in [0, 0.05) is 12.6 Å². The minimum Gasteiger partial charge on any atom is -0.497 e. The van der Waals surface area contributed by atoms with E-state index in [-0.39, 0.29) is 5.91 Å². The molecule has 2 heterocycles. The quantitative estimate of drug-likeness (QED) is 0.738. The minimum atomic E-state index is -0.0395. The van der Waals surface area contributed by atoms with Crippen molar-refractivity contribution in [2.75, 3.05) is 13.7 Å². The summed E-state index contributed by atoms with van der Waals surface area (Å²) in [6.07, 6.45) is 3.35. The highest BCUT2D eigenvalue weighted by Gasteiger charge is 2.33. The first-order chi connectivity index (χ1) is 12.1. The smallest absolute Gasteiger partial charge is 0.266 e. The molecular formula is C19H20N2O3S. The first-order valence-electron chi connectivity index (χ1n) is 8.04. The molecule has 0 aliphatic carbocycles. The number of nitrogens with zero attached hydrogens (tertiary/aromatic N) is 2. The fourth-order valence-corrected chi connectivity index (χ4v) is 3.38. The first-order valence-corrected chi connectivity index (χ1v) is 8.86. The average molecular weight is 356 g/mol. The highest BCUT2D eigenvalue weighted by molar-refractivity contribution is 8.18. The fourth-order valence-electron chi connectivity index (χ4n) is 2.39. The highest BCUT2D eigenvalue weighted by Crippen LogP contribution is 2.34. The van der Waals surface area contributed by atoms with Gasteiger partial charge < -0.3 is 9.15 Å². The molecule has 0 spiro atoms. The Morgan fingerprint density at radius 3 is 2.64 bits per heavy atom. The lowest BCUT2D eigenvalue weighted by molar-refractivity contribution is -0.122. The van der Waals surface area contributed by atoms with E-state index in [1.54, 1.807) is 30.4 Å². The van der Waals surface area contributed by atoms with Crippen molar-refractivity contribution < 1.29 is 13.9 Å². The van der Waals surface area contributed by atoms with Gasteiger partial charge in [0.2, 0.25) is 0 Å². The van der Waals surface area contributed by atoms with Gasteiger partial charge in [-0.2, -0.15) is 0 Å². The second-order valence-corrected chi connectivity index (χ2v) is 7.04. The number of hydrogen-bond acceptors (Lipinski definition) is 5. The molecule has 0 N–H and O–H groups in total. The van der Waals surface area contributed by atoms with Crippen LogP contribution < -0.4 is 4.74 Å². The molecule has 0 bridgehead atoms. The second-order valence-electron chi connectivity index (χ2n) is 6.03. The first kappa shape index (κ1) is 17.4. The molecule has 6 heteroatoms. The predicted octanol–water partition coefficient (Wildman–Crippen LogP) is 4.55. The van der Waals surface area contributed by atoms with E-state index in [1.165, 1.54) is 11.8 Å². The molecule has 25 heavy (non-hydrogen) atoms. The lowest BCUT2D eigenvalue weighted by Crippen LogP contribution is -2.32. The zero-order valence-corrected chi connectivity index (χ0v) is 15.2. The summed E-state index contributed by atoms with van der Waals surface area (Å²) >= 11 is 1.37. The van der Waals surface area contributed by atoms with E-state index in [2.05, 4.69) is 18.8 Å². The lowest BCUT2D eigenvalue weighted by atomic mass is 10.2. The summed E-state index contributed by atoms with van der Waals surface area (Å²) in [5.41, 5.74) is 0.782. The van der Waals surface area contributed by atoms with Crippen LogP contribution in [0.4, 0.5) is 5.69 Å². The van der Waals surface area contributed by atoms with Crippen molar-refractivity contribution in [3.63, 3.8) is 0 Å². The third kappa shape index (κ3) is 4.14. The molecule has 5 nitrogen and oxygen atoms in total. The molecule has 1 amide bonds. The number of amides is 1. The van der Waals surface area contributed by atoms with Crippen LogP contribution in [0.1, 0.15) is 19.6 Å². The number of ether oxygens (including phenoxy) is 1. The Kier molecular flexibility index (Phi) is 5.28. The van der Waals surface area contributed by atoms with Crippen molar-refractivity contribution in [2.45, 2.75) is 13.8 Å². The molecule has 2 aromatic rings. The van der Waals surface area contributed by atoms with Crippen LogP contribution in [0.5, 0.6) is 5.75 Å². The van der Waals surface area contributed by atoms with Crippen LogP contribution in [0, 0.1) is 5.92 Å². The zero-order valence-electron chi connectivity index (χ0n) is 14.4. The normalized spacial score (nSPS) is 17.9. The van der Waals surface area contributed by atoms with E-state index in [4.69, 9.17) is 9.15 Å². The number of furan rings is 1. The molecule has 3 rings (SSSR count). The Balaban J connectivity index is 1.91. The molecule has 1 saturated heterocycles. The summed E-state index contributed by atoms with van der Waals surface area (Å²) in [6.45, 7) is 4.78. The van der Waals surface area contributed by atoms with Crippen LogP contribution in [0.2, 0.25) is 0 Å². The van der Waals surface area contributed by atoms with E-state index < -0.39 is 0 Å². The van der Waals surface area contributed by atoms with Crippen LogP contribution in [-0.2, 0) is 4.79 Å². The fraction of sp³-hybridized carbons (Fsp3) is 0.263. The van der Waals surface area contributed by atoms with E-state index in [9.17, 15) is 4.79 Å². The Labute approximate surface area is 151 Å². The summed E-state index contributed by atoms with van der Waals surface area (Å²) in [6, 6.07) is 11.1. The monoisotopic (exact) mass is 356 g/mol. The topological polar surface area (TPSA) is 55.0 Å². The molecule has 1 aromatic carbocycles. The molecule has 0 saturated carbocycles. The van der Waals surface area contributed by atoms with Gasteiger partial charge in [-0.15, -0.1) is 0 Å². The van der Waals surface area contributed by atoms with Crippen LogP contribution in [-0.4, -0.2) is 29.6 Å². The van der Waals surface area contributed by atoms with Gasteiger partial charge in [-0.25, -0.2) is 4.99 Å². The van der Waals surface area contributed by atoms with Crippen molar-refractivity contribution in [1.82, 2.24) is 4.90 Å². The number of carbonyl (C=O) groups excluding carboxylic acids is 1. The maximum atomic E-state index is 12.8. The lowest BCUT2D eigenvalue weighted by Gasteiger charge is -2.17. The molecule has 1 aliphatic rings. The molecule has 130 valence electrons. The Morgan fingerprint density at radius 1 is 1.28 bits per heavy atom. The van der Waals surface area contributed by atoms with Crippen LogP contribution in [0.15, 0.2) is 57.0 Å². The number of carbonyl (C=O) groups is 1. The molecule has 0 unspecified atom stereocenters. The number of amidine groups is 1. The van der Waals surface area contributed by atoms with Gasteiger partial charge in [-0.1, -0.05) is 13.8 Å². The number of rotatable bonds is 5. The SMILES string of the molecule is COc1ccc(N=C2S/C(=C/c3ccco3)C(=O)N2CC(C)C)cc1. The number of thioether (sulfide) groups is 1. The van der Waals surface area contributed by atoms with E-state index in [1.807, 2.05) is 30.3 Å². The highest BCUT2D eigenvalue weighted by atomic mass is 32.2. The molecule has 0 radical (unpaired) electrons. The van der Waals surface area contributed by atoms with Gasteiger partial charge in [0.15, 0.2) is 5.17 Å². The van der Waals surface area contributed by atoms with Gasteiger partial charge in [-0.05, 0) is 54.1 Å². The maximum absolute atomic E-state index is 12.8. The molecule has 1 aromatic heterocycles. The molecule has 0 atom stereocenters. The molecule has 1 fully saturated rings. The third-order valence-corrected chi connectivity index (χ3v) is 4.56. The summed E-state index contributed by atoms with van der Waals surface area (Å²) in [4.78, 5) is 19.8. The minimum absolute atomic E-state index is 0.0395. The van der Waals surface area contributed by atoms with E-state index >= 15 is 0 Å². The summed E-state index contributed by atoms with van der Waals surface area (Å²) < 4.78 is 10.5. The number of methoxy groups -OCH3 is 1. The van der Waals surface area contributed by atoms with Crippen LogP contribution in [0.25, 0.3) is 6.08 Å². The summed E-state index contributed by atoms with van der Waals surface area (Å²) in [7, 11) is 1.63. The summed E-state index contributed by atoms with van der Waals surface area (Å²) in [5.74, 6) is 1.73. The number of hydrogen-bond donors (Lipinski definition) is 0. The van der Waals surface area contributed by atoms with E-state index in [0.717, 1.165) is 11.4 Å². The van der Waals surface area contributed by atoms with Gasteiger partial charge >= 0.3 is 0 Å². The predicted molar refractivity (Wildman–Crippen MR) is 101 cm³/mol. The molecule has 1 aliphatic heterocycles. The van der Waals surface area contributed by atoms with Crippen molar-refractivity contribution >= 4 is 34.6 Å². The average Bonchev–Trinajstić information content (AvgIpc) is 3.20. The van der Waals surface area contributed by atoms with Gasteiger partial charge in [0.05, 0.1) is 24.0 Å². The third-order valence-electron chi connectivity index (χ3n) is 3.55. The number of benzene rings is 1. The summed E-state index contributed by atoms with van der Waals surface area (Å²) in [5, 5.41) is 0.682. The Bertz CT molecular complexity index is 793. The van der Waals surface area contributed by atoms with E-state index in [0.29, 0.717) is 28.3 Å². The van der Waals surface area contributed by atoms with Crippen molar-refractivity contribution in [3.05, 3.63) is 53.3 Å². The van der Waals surface area contributed by atoms with Gasteiger partial charge in [0.25, 0.3) is 5.91 Å². The van der Waals surface area contributed by atoms with Crippen molar-refractivity contribution in [3.8, 4) is 5.75 Å². The number of aliphatic imine (C=N–C) groups is 1. The maximum Gasteiger partial charge on any atom is 0.266 e. The standard InChI is InChI=1S/C19H20N2O3S/c1-13(2)12-21-18(22)17(11-16-5-4-10-24-16)25-19(21)20-14-6-8-15(23-3)9-7-14/h4-11,13H,12H2,1-3H3/b17-11+,20-19?. The Hall–Kier alpha value is -2.47. The zero-order chi connectivity index (χ0) is 17.8. The van der Waals surface area contributed by atoms with Crippen molar-refractivity contribution in [2.24, 2.45) is 10.9 Å². The van der Waals surface area contributed by atoms with Gasteiger partial charge in [0.1, 0.15) is 11.5 Å². The van der Waals surface area contributed by atoms with Crippen molar-refractivity contribution in [1.29, 1.82) is 0 Å².